The number of amides is 1. The molecule has 1 aromatic carbocycles. The highest BCUT2D eigenvalue weighted by Crippen LogP contribution is 2.31. The van der Waals surface area contributed by atoms with Crippen molar-refractivity contribution in [3.8, 4) is 11.5 Å². The van der Waals surface area contributed by atoms with E-state index in [2.05, 4.69) is 10.4 Å². The van der Waals surface area contributed by atoms with E-state index in [1.807, 2.05) is 18.2 Å². The molecule has 6 heteroatoms. The predicted molar refractivity (Wildman–Crippen MR) is 68.2 cm³/mol. The van der Waals surface area contributed by atoms with Crippen LogP contribution < -0.4 is 14.8 Å². The summed E-state index contributed by atoms with van der Waals surface area (Å²) in [6.45, 7) is 0.190. The molecular weight excluding hydrogens is 246 g/mol. The fourth-order valence-corrected chi connectivity index (χ4v) is 1.84. The van der Waals surface area contributed by atoms with Gasteiger partial charge in [-0.05, 0) is 12.1 Å². The van der Waals surface area contributed by atoms with Crippen LogP contribution >= 0.6 is 0 Å². The standard InChI is InChI=1S/C13H13N3O3/c1-16-7-6-12(15-16)14-13(17)11-8-18-9-4-2-3-5-10(9)19-11/h2-7,11H,8H2,1H3,(H,14,15,17)/t11-/m1/s1. The molecule has 1 atom stereocenters. The zero-order chi connectivity index (χ0) is 13.2. The molecule has 19 heavy (non-hydrogen) atoms. The Labute approximate surface area is 109 Å². The Morgan fingerprint density at radius 3 is 2.89 bits per heavy atom. The molecule has 0 radical (unpaired) electrons. The zero-order valence-corrected chi connectivity index (χ0v) is 10.4. The van der Waals surface area contributed by atoms with Crippen molar-refractivity contribution in [3.05, 3.63) is 36.5 Å². The van der Waals surface area contributed by atoms with E-state index in [0.29, 0.717) is 17.3 Å². The second-order valence-corrected chi connectivity index (χ2v) is 4.23. The van der Waals surface area contributed by atoms with Gasteiger partial charge in [0.1, 0.15) is 6.61 Å². The molecule has 0 saturated heterocycles. The normalized spacial score (nSPS) is 17.0. The Morgan fingerprint density at radius 1 is 1.37 bits per heavy atom. The molecule has 0 bridgehead atoms. The van der Waals surface area contributed by atoms with Gasteiger partial charge in [0.25, 0.3) is 5.91 Å². The van der Waals surface area contributed by atoms with E-state index in [1.165, 1.54) is 0 Å². The molecule has 0 unspecified atom stereocenters. The molecule has 0 aliphatic carbocycles. The maximum Gasteiger partial charge on any atom is 0.270 e. The van der Waals surface area contributed by atoms with Gasteiger partial charge in [-0.15, -0.1) is 0 Å². The first-order valence-electron chi connectivity index (χ1n) is 5.91. The first-order chi connectivity index (χ1) is 9.22. The van der Waals surface area contributed by atoms with Crippen molar-refractivity contribution in [1.29, 1.82) is 0 Å². The summed E-state index contributed by atoms with van der Waals surface area (Å²) in [5.74, 6) is 1.46. The summed E-state index contributed by atoms with van der Waals surface area (Å²) >= 11 is 0. The lowest BCUT2D eigenvalue weighted by molar-refractivity contribution is -0.125. The Hall–Kier alpha value is -2.50. The molecule has 0 saturated carbocycles. The van der Waals surface area contributed by atoms with Gasteiger partial charge >= 0.3 is 0 Å². The smallest absolute Gasteiger partial charge is 0.270 e. The Bertz CT molecular complexity index is 609. The zero-order valence-electron chi connectivity index (χ0n) is 10.4. The monoisotopic (exact) mass is 259 g/mol. The van der Waals surface area contributed by atoms with Crippen LogP contribution in [0.3, 0.4) is 0 Å². The first kappa shape index (κ1) is 11.6. The van der Waals surface area contributed by atoms with Gasteiger partial charge in [0.15, 0.2) is 17.3 Å². The van der Waals surface area contributed by atoms with E-state index in [1.54, 1.807) is 30.1 Å². The van der Waals surface area contributed by atoms with Crippen molar-refractivity contribution in [1.82, 2.24) is 9.78 Å². The third-order valence-electron chi connectivity index (χ3n) is 2.77. The van der Waals surface area contributed by atoms with E-state index in [9.17, 15) is 4.79 Å². The van der Waals surface area contributed by atoms with Crippen LogP contribution in [0.1, 0.15) is 0 Å². The number of rotatable bonds is 2. The number of carbonyl (C=O) groups is 1. The minimum atomic E-state index is -0.670. The van der Waals surface area contributed by atoms with Crippen molar-refractivity contribution in [2.45, 2.75) is 6.10 Å². The molecule has 0 spiro atoms. The molecule has 1 aliphatic rings. The van der Waals surface area contributed by atoms with Crippen LogP contribution in [0, 0.1) is 0 Å². The maximum atomic E-state index is 12.0. The van der Waals surface area contributed by atoms with E-state index < -0.39 is 6.10 Å². The molecular formula is C13H13N3O3. The van der Waals surface area contributed by atoms with Crippen molar-refractivity contribution >= 4 is 11.7 Å². The molecule has 1 N–H and O–H groups in total. The number of fused-ring (bicyclic) bond motifs is 1. The number of carbonyl (C=O) groups excluding carboxylic acids is 1. The van der Waals surface area contributed by atoms with E-state index in [4.69, 9.17) is 9.47 Å². The first-order valence-corrected chi connectivity index (χ1v) is 5.91. The van der Waals surface area contributed by atoms with Gasteiger partial charge in [0.2, 0.25) is 6.10 Å². The number of hydrogen-bond donors (Lipinski definition) is 1. The van der Waals surface area contributed by atoms with Crippen LogP contribution in [0.15, 0.2) is 36.5 Å². The second-order valence-electron chi connectivity index (χ2n) is 4.23. The third kappa shape index (κ3) is 2.37. The fraction of sp³-hybridized carbons (Fsp3) is 0.231. The van der Waals surface area contributed by atoms with Gasteiger partial charge in [-0.1, -0.05) is 12.1 Å². The lowest BCUT2D eigenvalue weighted by Crippen LogP contribution is -2.40. The highest BCUT2D eigenvalue weighted by atomic mass is 16.6. The Balaban J connectivity index is 1.69. The van der Waals surface area contributed by atoms with Gasteiger partial charge in [-0.25, -0.2) is 0 Å². The van der Waals surface area contributed by atoms with E-state index >= 15 is 0 Å². The third-order valence-corrected chi connectivity index (χ3v) is 2.77. The van der Waals surface area contributed by atoms with Gasteiger partial charge in [0.05, 0.1) is 0 Å². The molecule has 1 aliphatic heterocycles. The summed E-state index contributed by atoms with van der Waals surface area (Å²) in [6, 6.07) is 8.99. The summed E-state index contributed by atoms with van der Waals surface area (Å²) in [5, 5.41) is 6.77. The summed E-state index contributed by atoms with van der Waals surface area (Å²) in [5.41, 5.74) is 0. The topological polar surface area (TPSA) is 65.4 Å². The number of nitrogens with one attached hydrogen (secondary N) is 1. The molecule has 98 valence electrons. The van der Waals surface area contributed by atoms with Crippen molar-refractivity contribution in [2.24, 2.45) is 7.05 Å². The van der Waals surface area contributed by atoms with Gasteiger partial charge in [0, 0.05) is 19.3 Å². The Morgan fingerprint density at radius 2 is 2.16 bits per heavy atom. The number of benzene rings is 1. The summed E-state index contributed by atoms with van der Waals surface area (Å²) in [6.07, 6.45) is 1.08. The molecule has 1 aromatic heterocycles. The van der Waals surface area contributed by atoms with Gasteiger partial charge < -0.3 is 14.8 Å². The fourth-order valence-electron chi connectivity index (χ4n) is 1.84. The van der Waals surface area contributed by atoms with E-state index in [-0.39, 0.29) is 12.5 Å². The number of aromatic nitrogens is 2. The summed E-state index contributed by atoms with van der Waals surface area (Å²) < 4.78 is 12.7. The maximum absolute atomic E-state index is 12.0. The minimum absolute atomic E-state index is 0.190. The van der Waals surface area contributed by atoms with Crippen LogP contribution in [-0.4, -0.2) is 28.4 Å². The minimum Gasteiger partial charge on any atom is -0.485 e. The number of aryl methyl sites for hydroxylation is 1. The molecule has 1 amide bonds. The van der Waals surface area contributed by atoms with Crippen LogP contribution in [0.5, 0.6) is 11.5 Å². The van der Waals surface area contributed by atoms with Crippen LogP contribution in [0.25, 0.3) is 0 Å². The quantitative estimate of drug-likeness (QED) is 0.880. The van der Waals surface area contributed by atoms with Crippen molar-refractivity contribution in [3.63, 3.8) is 0 Å². The van der Waals surface area contributed by atoms with Crippen LogP contribution in [0.2, 0.25) is 0 Å². The van der Waals surface area contributed by atoms with Gasteiger partial charge in [-0.3, -0.25) is 9.48 Å². The molecule has 2 aromatic rings. The van der Waals surface area contributed by atoms with Crippen LogP contribution in [0.4, 0.5) is 5.82 Å². The Kier molecular flexibility index (Phi) is 2.83. The SMILES string of the molecule is Cn1ccc(NC(=O)[C@H]2COc3ccccc3O2)n1. The largest absolute Gasteiger partial charge is 0.485 e. The van der Waals surface area contributed by atoms with Crippen molar-refractivity contribution < 1.29 is 14.3 Å². The van der Waals surface area contributed by atoms with Crippen LogP contribution in [-0.2, 0) is 11.8 Å². The second kappa shape index (κ2) is 4.64. The number of anilines is 1. The molecule has 6 nitrogen and oxygen atoms in total. The highest BCUT2D eigenvalue weighted by molar-refractivity contribution is 5.93. The molecule has 0 fully saturated rings. The highest BCUT2D eigenvalue weighted by Gasteiger charge is 2.27. The predicted octanol–water partition coefficient (Wildman–Crippen LogP) is 1.20. The lowest BCUT2D eigenvalue weighted by atomic mass is 10.2. The van der Waals surface area contributed by atoms with E-state index in [0.717, 1.165) is 0 Å². The summed E-state index contributed by atoms with van der Waals surface area (Å²) in [7, 11) is 1.78. The lowest BCUT2D eigenvalue weighted by Gasteiger charge is -2.25. The van der Waals surface area contributed by atoms with Crippen molar-refractivity contribution in [2.75, 3.05) is 11.9 Å². The summed E-state index contributed by atoms with van der Waals surface area (Å²) in [4.78, 5) is 12.0. The number of hydrogen-bond acceptors (Lipinski definition) is 4. The average Bonchev–Trinajstić information content (AvgIpc) is 2.83. The number of ether oxygens (including phenoxy) is 2. The molecule has 2 heterocycles. The molecule has 3 rings (SSSR count). The number of nitrogens with zero attached hydrogens (tertiary/aromatic N) is 2. The average molecular weight is 259 g/mol. The van der Waals surface area contributed by atoms with Gasteiger partial charge in [-0.2, -0.15) is 5.10 Å². The number of para-hydroxylation sites is 2.